The fourth-order valence-corrected chi connectivity index (χ4v) is 3.39. The second-order valence-corrected chi connectivity index (χ2v) is 7.11. The van der Waals surface area contributed by atoms with Gasteiger partial charge in [0.05, 0.1) is 5.56 Å². The van der Waals surface area contributed by atoms with Crippen LogP contribution in [0.3, 0.4) is 0 Å². The Morgan fingerprint density at radius 3 is 2.67 bits per heavy atom. The van der Waals surface area contributed by atoms with Gasteiger partial charge in [0.15, 0.2) is 0 Å². The van der Waals surface area contributed by atoms with E-state index in [9.17, 15) is 4.79 Å². The van der Waals surface area contributed by atoms with Gasteiger partial charge in [-0.2, -0.15) is 0 Å². The Balaban J connectivity index is 1.68. The van der Waals surface area contributed by atoms with Crippen LogP contribution in [0, 0.1) is 0 Å². The van der Waals surface area contributed by atoms with E-state index in [2.05, 4.69) is 70.0 Å². The van der Waals surface area contributed by atoms with Crippen LogP contribution < -0.4 is 15.3 Å². The van der Waals surface area contributed by atoms with Gasteiger partial charge in [-0.15, -0.1) is 0 Å². The summed E-state index contributed by atoms with van der Waals surface area (Å²) in [4.78, 5) is 26.6. The van der Waals surface area contributed by atoms with Crippen molar-refractivity contribution in [3.05, 3.63) is 47.8 Å². The highest BCUT2D eigenvalue weighted by Gasteiger charge is 2.25. The highest BCUT2D eigenvalue weighted by Crippen LogP contribution is 2.23. The molecule has 8 heteroatoms. The number of carbonyl (C=O) groups is 1. The van der Waals surface area contributed by atoms with E-state index < -0.39 is 5.91 Å². The molecule has 2 heterocycles. The van der Waals surface area contributed by atoms with Gasteiger partial charge in [0.1, 0.15) is 0 Å². The van der Waals surface area contributed by atoms with Crippen LogP contribution in [0.2, 0.25) is 0 Å². The first-order valence-corrected chi connectivity index (χ1v) is 8.99. The van der Waals surface area contributed by atoms with Crippen LogP contribution in [0.4, 0.5) is 11.6 Å². The van der Waals surface area contributed by atoms with Crippen LogP contribution in [0.15, 0.2) is 36.7 Å². The van der Waals surface area contributed by atoms with Crippen molar-refractivity contribution < 1.29 is 10.0 Å². The molecule has 1 aromatic carbocycles. The van der Waals surface area contributed by atoms with Gasteiger partial charge in [-0.3, -0.25) is 10.0 Å². The van der Waals surface area contributed by atoms with Crippen molar-refractivity contribution >= 4 is 17.5 Å². The highest BCUT2D eigenvalue weighted by atomic mass is 16.5. The Morgan fingerprint density at radius 2 is 2.04 bits per heavy atom. The van der Waals surface area contributed by atoms with E-state index in [1.54, 1.807) is 5.48 Å². The van der Waals surface area contributed by atoms with Gasteiger partial charge < -0.3 is 14.7 Å². The molecule has 1 saturated heterocycles. The molecule has 1 amide bonds. The van der Waals surface area contributed by atoms with E-state index >= 15 is 0 Å². The molecule has 3 rings (SSSR count). The number of hydrogen-bond donors (Lipinski definition) is 2. The molecule has 0 aliphatic carbocycles. The molecule has 2 N–H and O–H groups in total. The van der Waals surface area contributed by atoms with E-state index in [0.717, 1.165) is 26.2 Å². The molecule has 0 radical (unpaired) electrons. The monoisotopic (exact) mass is 370 g/mol. The molecule has 144 valence electrons. The van der Waals surface area contributed by atoms with Gasteiger partial charge in [0.2, 0.25) is 5.95 Å². The number of anilines is 2. The molecule has 1 aromatic heterocycles. The summed E-state index contributed by atoms with van der Waals surface area (Å²) in [5.41, 5.74) is 4.35. The van der Waals surface area contributed by atoms with E-state index in [-0.39, 0.29) is 5.56 Å². The highest BCUT2D eigenvalue weighted by molar-refractivity contribution is 5.92. The number of hydrogen-bond acceptors (Lipinski definition) is 7. The molecule has 1 aliphatic heterocycles. The van der Waals surface area contributed by atoms with Gasteiger partial charge in [0, 0.05) is 50.3 Å². The number of aromatic nitrogens is 2. The fourth-order valence-electron chi connectivity index (χ4n) is 3.39. The van der Waals surface area contributed by atoms with E-state index in [1.165, 1.54) is 23.6 Å². The van der Waals surface area contributed by atoms with Crippen LogP contribution in [0.25, 0.3) is 0 Å². The largest absolute Gasteiger partial charge is 0.365 e. The van der Waals surface area contributed by atoms with Crippen LogP contribution in [-0.4, -0.2) is 65.8 Å². The number of benzene rings is 1. The molecule has 27 heavy (non-hydrogen) atoms. The zero-order chi connectivity index (χ0) is 19.4. The molecule has 2 aromatic rings. The van der Waals surface area contributed by atoms with Gasteiger partial charge in [-0.05, 0) is 38.7 Å². The topological polar surface area (TPSA) is 84.8 Å². The number of hydroxylamine groups is 1. The normalized spacial score (nSPS) is 17.3. The molecule has 8 nitrogen and oxygen atoms in total. The number of carbonyl (C=O) groups excluding carboxylic acids is 1. The Morgan fingerprint density at radius 1 is 1.30 bits per heavy atom. The summed E-state index contributed by atoms with van der Waals surface area (Å²) in [5.74, 6) is -0.0188. The molecular weight excluding hydrogens is 344 g/mol. The summed E-state index contributed by atoms with van der Waals surface area (Å²) in [6, 6.07) is 8.98. The summed E-state index contributed by atoms with van der Waals surface area (Å²) in [6.07, 6.45) is 2.85. The Labute approximate surface area is 159 Å². The van der Waals surface area contributed by atoms with E-state index in [4.69, 9.17) is 5.21 Å². The first kappa shape index (κ1) is 19.1. The van der Waals surface area contributed by atoms with Crippen molar-refractivity contribution in [1.82, 2.24) is 20.3 Å². The van der Waals surface area contributed by atoms with E-state index in [1.807, 2.05) is 0 Å². The minimum atomic E-state index is -0.614. The maximum atomic E-state index is 11.4. The van der Waals surface area contributed by atoms with Crippen molar-refractivity contribution in [2.45, 2.75) is 19.5 Å². The predicted octanol–water partition coefficient (Wildman–Crippen LogP) is 1.37. The minimum absolute atomic E-state index is 0.227. The second-order valence-electron chi connectivity index (χ2n) is 7.11. The smallest absolute Gasteiger partial charge is 0.277 e. The van der Waals surface area contributed by atoms with Gasteiger partial charge in [0.25, 0.3) is 5.91 Å². The van der Waals surface area contributed by atoms with Crippen LogP contribution >= 0.6 is 0 Å². The van der Waals surface area contributed by atoms with Crippen molar-refractivity contribution in [1.29, 1.82) is 0 Å². The lowest BCUT2D eigenvalue weighted by atomic mass is 10.1. The Kier molecular flexibility index (Phi) is 5.88. The second kappa shape index (κ2) is 8.32. The molecule has 0 spiro atoms. The van der Waals surface area contributed by atoms with Crippen LogP contribution in [0.5, 0.6) is 0 Å². The van der Waals surface area contributed by atoms with Crippen molar-refractivity contribution in [3.8, 4) is 0 Å². The summed E-state index contributed by atoms with van der Waals surface area (Å²) >= 11 is 0. The lowest BCUT2D eigenvalue weighted by Crippen LogP contribution is -2.52. The predicted molar refractivity (Wildman–Crippen MR) is 104 cm³/mol. The summed E-state index contributed by atoms with van der Waals surface area (Å²) < 4.78 is 0. The Bertz CT molecular complexity index is 780. The Hall–Kier alpha value is -2.71. The average molecular weight is 370 g/mol. The van der Waals surface area contributed by atoms with Gasteiger partial charge in [-0.25, -0.2) is 15.4 Å². The maximum absolute atomic E-state index is 11.4. The molecule has 0 saturated carbocycles. The standard InChI is InChI=1S/C19H26N6O2/c1-14-12-24(19-20-10-16(11-21-19)18(26)22-27)7-8-25(14)17-6-4-5-15(9-17)13-23(2)3/h4-6,9-11,14,27H,7-8,12-13H2,1-3H3,(H,22,26)/t14-/m0/s1. The number of nitrogens with one attached hydrogen (secondary N) is 1. The zero-order valence-electron chi connectivity index (χ0n) is 16.0. The summed E-state index contributed by atoms with van der Waals surface area (Å²) in [5, 5.41) is 8.67. The lowest BCUT2D eigenvalue weighted by Gasteiger charge is -2.41. The van der Waals surface area contributed by atoms with Crippen molar-refractivity contribution in [2.75, 3.05) is 43.5 Å². The van der Waals surface area contributed by atoms with Gasteiger partial charge in [-0.1, -0.05) is 12.1 Å². The summed E-state index contributed by atoms with van der Waals surface area (Å²) in [7, 11) is 4.15. The molecule has 1 aliphatic rings. The number of rotatable bonds is 5. The first-order chi connectivity index (χ1) is 13.0. The SMILES string of the molecule is C[C@H]1CN(c2ncc(C(=O)NO)cn2)CCN1c1cccc(CN(C)C)c1. The number of nitrogens with zero attached hydrogens (tertiary/aromatic N) is 5. The quantitative estimate of drug-likeness (QED) is 0.607. The lowest BCUT2D eigenvalue weighted by molar-refractivity contribution is 0.0705. The zero-order valence-corrected chi connectivity index (χ0v) is 16.0. The minimum Gasteiger partial charge on any atom is -0.365 e. The molecule has 1 atom stereocenters. The summed E-state index contributed by atoms with van der Waals surface area (Å²) in [6.45, 7) is 5.58. The van der Waals surface area contributed by atoms with Crippen LogP contribution in [-0.2, 0) is 6.54 Å². The maximum Gasteiger partial charge on any atom is 0.277 e. The fraction of sp³-hybridized carbons (Fsp3) is 0.421. The molecular formula is C19H26N6O2. The molecule has 0 unspecified atom stereocenters. The van der Waals surface area contributed by atoms with Crippen molar-refractivity contribution in [3.63, 3.8) is 0 Å². The first-order valence-electron chi connectivity index (χ1n) is 8.99. The third-order valence-corrected chi connectivity index (χ3v) is 4.65. The molecule has 0 bridgehead atoms. The third kappa shape index (κ3) is 4.53. The van der Waals surface area contributed by atoms with Crippen molar-refractivity contribution in [2.24, 2.45) is 0 Å². The third-order valence-electron chi connectivity index (χ3n) is 4.65. The van der Waals surface area contributed by atoms with Gasteiger partial charge >= 0.3 is 0 Å². The number of amides is 1. The van der Waals surface area contributed by atoms with E-state index in [0.29, 0.717) is 12.0 Å². The van der Waals surface area contributed by atoms with Crippen LogP contribution in [0.1, 0.15) is 22.8 Å². The molecule has 1 fully saturated rings. The average Bonchev–Trinajstić information content (AvgIpc) is 2.67. The number of piperazine rings is 1.